The van der Waals surface area contributed by atoms with Gasteiger partial charge in [-0.1, -0.05) is 259 Å². The number of ether oxygens (including phenoxy) is 3. The van der Waals surface area contributed by atoms with Gasteiger partial charge in [-0.05, 0) is 31.1 Å². The molecule has 0 rings (SSSR count). The Bertz CT molecular complexity index is 916. The van der Waals surface area contributed by atoms with Crippen LogP contribution in [-0.4, -0.2) is 37.2 Å². The van der Waals surface area contributed by atoms with Crippen molar-refractivity contribution >= 4 is 17.9 Å². The van der Waals surface area contributed by atoms with Gasteiger partial charge in [-0.2, -0.15) is 0 Å². The van der Waals surface area contributed by atoms with E-state index in [-0.39, 0.29) is 31.1 Å². The molecule has 0 N–H and O–H groups in total. The predicted octanol–water partition coefficient (Wildman–Crippen LogP) is 17.3. The van der Waals surface area contributed by atoms with Crippen LogP contribution in [0.4, 0.5) is 0 Å². The SMILES string of the molecule is CCCCCCCCCCCCC(=O)OC[C@@H](COC(=O)CCCCCCCCCCCCCCCCC(C)C)OC(=O)CCCCCCCCCCCCCCC(C)C. The van der Waals surface area contributed by atoms with E-state index in [4.69, 9.17) is 14.2 Å². The molecule has 0 aliphatic rings. The van der Waals surface area contributed by atoms with Crippen LogP contribution >= 0.6 is 0 Å². The average Bonchev–Trinajstić information content (AvgIpc) is 3.22. The molecule has 0 amide bonds. The van der Waals surface area contributed by atoms with Gasteiger partial charge < -0.3 is 14.2 Å². The number of hydrogen-bond donors (Lipinski definition) is 0. The molecule has 6 nitrogen and oxygen atoms in total. The summed E-state index contributed by atoms with van der Waals surface area (Å²) in [6.07, 6.45) is 48.0. The normalized spacial score (nSPS) is 12.1. The fourth-order valence-electron chi connectivity index (χ4n) is 8.17. The second-order valence-corrected chi connectivity index (χ2v) is 19.5. The second-order valence-electron chi connectivity index (χ2n) is 19.5. The lowest BCUT2D eigenvalue weighted by molar-refractivity contribution is -0.167. The molecular weight excluding hydrogens is 745 g/mol. The van der Waals surface area contributed by atoms with Crippen molar-refractivity contribution in [2.24, 2.45) is 11.8 Å². The van der Waals surface area contributed by atoms with Gasteiger partial charge in [-0.25, -0.2) is 0 Å². The molecule has 0 radical (unpaired) electrons. The molecule has 0 spiro atoms. The molecule has 0 fully saturated rings. The van der Waals surface area contributed by atoms with Gasteiger partial charge in [0.1, 0.15) is 13.2 Å². The second kappa shape index (κ2) is 46.9. The molecule has 0 aromatic rings. The van der Waals surface area contributed by atoms with Gasteiger partial charge in [0.2, 0.25) is 0 Å². The summed E-state index contributed by atoms with van der Waals surface area (Å²) in [7, 11) is 0. The number of unbranched alkanes of at least 4 members (excludes halogenated alkanes) is 33. The number of esters is 3. The summed E-state index contributed by atoms with van der Waals surface area (Å²) in [4.78, 5) is 37.9. The van der Waals surface area contributed by atoms with Crippen LogP contribution < -0.4 is 0 Å². The molecule has 0 saturated heterocycles. The monoisotopic (exact) mass is 849 g/mol. The molecule has 1 atom stereocenters. The predicted molar refractivity (Wildman–Crippen MR) is 256 cm³/mol. The van der Waals surface area contributed by atoms with E-state index >= 15 is 0 Å². The minimum absolute atomic E-state index is 0.0633. The van der Waals surface area contributed by atoms with Crippen LogP contribution in [0.15, 0.2) is 0 Å². The van der Waals surface area contributed by atoms with Crippen LogP contribution in [0, 0.1) is 11.8 Å². The fraction of sp³-hybridized carbons (Fsp3) is 0.944. The zero-order valence-electron chi connectivity index (χ0n) is 41.1. The Labute approximate surface area is 374 Å². The smallest absolute Gasteiger partial charge is 0.306 e. The number of hydrogen-bond acceptors (Lipinski definition) is 6. The summed E-state index contributed by atoms with van der Waals surface area (Å²) in [6, 6.07) is 0. The Hall–Kier alpha value is -1.59. The van der Waals surface area contributed by atoms with E-state index in [2.05, 4.69) is 34.6 Å². The molecule has 6 heteroatoms. The molecule has 0 bridgehead atoms. The van der Waals surface area contributed by atoms with Crippen molar-refractivity contribution in [3.63, 3.8) is 0 Å². The first-order chi connectivity index (χ1) is 29.2. The molecule has 0 aromatic heterocycles. The topological polar surface area (TPSA) is 78.9 Å². The van der Waals surface area contributed by atoms with Crippen LogP contribution in [0.3, 0.4) is 0 Å². The molecular formula is C54H104O6. The summed E-state index contributed by atoms with van der Waals surface area (Å²) in [5.41, 5.74) is 0. The van der Waals surface area contributed by atoms with Crippen LogP contribution in [0.2, 0.25) is 0 Å². The number of rotatable bonds is 48. The zero-order chi connectivity index (χ0) is 44.0. The summed E-state index contributed by atoms with van der Waals surface area (Å²) in [6.45, 7) is 11.4. The molecule has 0 unspecified atom stereocenters. The maximum atomic E-state index is 12.8. The Morgan fingerprint density at radius 1 is 0.317 bits per heavy atom. The third-order valence-electron chi connectivity index (χ3n) is 12.2. The van der Waals surface area contributed by atoms with E-state index in [1.165, 1.54) is 186 Å². The lowest BCUT2D eigenvalue weighted by atomic mass is 10.0. The van der Waals surface area contributed by atoms with E-state index < -0.39 is 6.10 Å². The van der Waals surface area contributed by atoms with Gasteiger partial charge in [-0.15, -0.1) is 0 Å². The van der Waals surface area contributed by atoms with Gasteiger partial charge in [0, 0.05) is 19.3 Å². The van der Waals surface area contributed by atoms with E-state index in [1.54, 1.807) is 0 Å². The highest BCUT2D eigenvalue weighted by molar-refractivity contribution is 5.71. The highest BCUT2D eigenvalue weighted by Gasteiger charge is 2.19. The first-order valence-electron chi connectivity index (χ1n) is 26.7. The van der Waals surface area contributed by atoms with Crippen molar-refractivity contribution in [2.45, 2.75) is 304 Å². The third kappa shape index (κ3) is 47.5. The van der Waals surface area contributed by atoms with Crippen molar-refractivity contribution < 1.29 is 28.6 Å². The van der Waals surface area contributed by atoms with Crippen molar-refractivity contribution in [3.8, 4) is 0 Å². The van der Waals surface area contributed by atoms with Gasteiger partial charge in [0.25, 0.3) is 0 Å². The molecule has 356 valence electrons. The van der Waals surface area contributed by atoms with E-state index in [1.807, 2.05) is 0 Å². The maximum absolute atomic E-state index is 12.8. The quantitative estimate of drug-likeness (QED) is 0.0345. The van der Waals surface area contributed by atoms with Crippen LogP contribution in [-0.2, 0) is 28.6 Å². The molecule has 0 aliphatic heterocycles. The van der Waals surface area contributed by atoms with Gasteiger partial charge in [-0.3, -0.25) is 14.4 Å². The van der Waals surface area contributed by atoms with Crippen LogP contribution in [0.5, 0.6) is 0 Å². The molecule has 0 aliphatic carbocycles. The number of carbonyl (C=O) groups excluding carboxylic acids is 3. The Balaban J connectivity index is 4.27. The fourth-order valence-corrected chi connectivity index (χ4v) is 8.17. The van der Waals surface area contributed by atoms with Gasteiger partial charge in [0.15, 0.2) is 6.10 Å². The summed E-state index contributed by atoms with van der Waals surface area (Å²) >= 11 is 0. The van der Waals surface area contributed by atoms with Crippen LogP contribution in [0.1, 0.15) is 298 Å². The standard InChI is InChI=1S/C54H104O6/c1-6-7-8-9-10-11-24-29-34-39-44-52(55)58-47-51(60-54(57)46-41-36-31-26-21-17-16-19-23-28-33-38-43-50(4)5)48-59-53(56)45-40-35-30-25-20-15-13-12-14-18-22-27-32-37-42-49(2)3/h49-51H,6-48H2,1-5H3/t51-/m0/s1. The van der Waals surface area contributed by atoms with Gasteiger partial charge >= 0.3 is 17.9 Å². The number of carbonyl (C=O) groups is 3. The largest absolute Gasteiger partial charge is 0.462 e. The van der Waals surface area contributed by atoms with E-state index in [9.17, 15) is 14.4 Å². The minimum atomic E-state index is -0.761. The molecule has 0 aromatic carbocycles. The van der Waals surface area contributed by atoms with Crippen molar-refractivity contribution in [1.29, 1.82) is 0 Å². The highest BCUT2D eigenvalue weighted by Crippen LogP contribution is 2.18. The van der Waals surface area contributed by atoms with E-state index in [0.29, 0.717) is 19.3 Å². The third-order valence-corrected chi connectivity index (χ3v) is 12.2. The van der Waals surface area contributed by atoms with Crippen molar-refractivity contribution in [3.05, 3.63) is 0 Å². The molecule has 0 saturated carbocycles. The first kappa shape index (κ1) is 58.4. The zero-order valence-corrected chi connectivity index (χ0v) is 41.1. The molecule has 60 heavy (non-hydrogen) atoms. The Morgan fingerprint density at radius 3 is 0.817 bits per heavy atom. The lowest BCUT2D eigenvalue weighted by Crippen LogP contribution is -2.30. The van der Waals surface area contributed by atoms with Crippen molar-refractivity contribution in [1.82, 2.24) is 0 Å². The van der Waals surface area contributed by atoms with Crippen LogP contribution in [0.25, 0.3) is 0 Å². The van der Waals surface area contributed by atoms with Crippen molar-refractivity contribution in [2.75, 3.05) is 13.2 Å². The summed E-state index contributed by atoms with van der Waals surface area (Å²) in [5, 5.41) is 0. The Morgan fingerprint density at radius 2 is 0.550 bits per heavy atom. The summed E-state index contributed by atoms with van der Waals surface area (Å²) in [5.74, 6) is 0.830. The summed E-state index contributed by atoms with van der Waals surface area (Å²) < 4.78 is 16.8. The molecule has 0 heterocycles. The minimum Gasteiger partial charge on any atom is -0.462 e. The highest BCUT2D eigenvalue weighted by atomic mass is 16.6. The first-order valence-corrected chi connectivity index (χ1v) is 26.7. The average molecular weight is 849 g/mol. The Kier molecular flexibility index (Phi) is 45.7. The van der Waals surface area contributed by atoms with E-state index in [0.717, 1.165) is 69.6 Å². The van der Waals surface area contributed by atoms with Gasteiger partial charge in [0.05, 0.1) is 0 Å². The lowest BCUT2D eigenvalue weighted by Gasteiger charge is -2.18. The maximum Gasteiger partial charge on any atom is 0.306 e.